The van der Waals surface area contributed by atoms with Crippen molar-refractivity contribution in [3.05, 3.63) is 66.4 Å². The quantitative estimate of drug-likeness (QED) is 0.772. The number of hydrogen-bond donors (Lipinski definition) is 2. The van der Waals surface area contributed by atoms with Gasteiger partial charge in [0.05, 0.1) is 17.7 Å². The number of nitrogens with one attached hydrogen (secondary N) is 2. The molecular weight excluding hydrogens is 274 g/mol. The fraction of sp³-hybridized carbons (Fsp3) is 0.111. The van der Waals surface area contributed by atoms with E-state index in [0.29, 0.717) is 0 Å². The van der Waals surface area contributed by atoms with E-state index in [4.69, 9.17) is 0 Å². The number of nitrogens with zero attached hydrogens (tertiary/aromatic N) is 1. The first-order valence-electron chi connectivity index (χ1n) is 7.16. The maximum atomic E-state index is 12.0. The molecule has 1 aromatic heterocycles. The van der Waals surface area contributed by atoms with Gasteiger partial charge in [-0.3, -0.25) is 9.78 Å². The summed E-state index contributed by atoms with van der Waals surface area (Å²) in [6, 6.07) is 17.5. The zero-order valence-electron chi connectivity index (χ0n) is 12.3. The summed E-state index contributed by atoms with van der Waals surface area (Å²) in [5, 5.41) is 7.06. The van der Waals surface area contributed by atoms with Crippen molar-refractivity contribution in [3.63, 3.8) is 0 Å². The number of aromatic nitrogens is 1. The highest BCUT2D eigenvalue weighted by molar-refractivity contribution is 5.96. The number of rotatable bonds is 4. The van der Waals surface area contributed by atoms with Gasteiger partial charge < -0.3 is 10.6 Å². The molecule has 4 heteroatoms. The zero-order chi connectivity index (χ0) is 15.4. The fourth-order valence-electron chi connectivity index (χ4n) is 2.26. The van der Waals surface area contributed by atoms with E-state index >= 15 is 0 Å². The largest absolute Gasteiger partial charge is 0.374 e. The highest BCUT2D eigenvalue weighted by Crippen LogP contribution is 2.20. The minimum Gasteiger partial charge on any atom is -0.374 e. The van der Waals surface area contributed by atoms with Crippen molar-refractivity contribution >= 4 is 28.2 Å². The Morgan fingerprint density at radius 1 is 1.05 bits per heavy atom. The number of amides is 1. The molecule has 22 heavy (non-hydrogen) atoms. The highest BCUT2D eigenvalue weighted by atomic mass is 16.1. The molecule has 0 aliphatic carbocycles. The van der Waals surface area contributed by atoms with E-state index in [1.165, 1.54) is 0 Å². The Bertz CT molecular complexity index is 792. The first-order valence-corrected chi connectivity index (χ1v) is 7.16. The first kappa shape index (κ1) is 14.1. The number of carbonyl (C=O) groups excluding carboxylic acids is 1. The van der Waals surface area contributed by atoms with Crippen molar-refractivity contribution < 1.29 is 4.79 Å². The maximum Gasteiger partial charge on any atom is 0.243 e. The maximum absolute atomic E-state index is 12.0. The van der Waals surface area contributed by atoms with E-state index in [9.17, 15) is 4.79 Å². The molecule has 110 valence electrons. The van der Waals surface area contributed by atoms with Crippen molar-refractivity contribution in [1.82, 2.24) is 4.98 Å². The van der Waals surface area contributed by atoms with Crippen LogP contribution < -0.4 is 10.6 Å². The van der Waals surface area contributed by atoms with Crippen LogP contribution in [0, 0.1) is 6.92 Å². The van der Waals surface area contributed by atoms with E-state index < -0.39 is 0 Å². The summed E-state index contributed by atoms with van der Waals surface area (Å²) in [6.07, 6.45) is 1.75. The van der Waals surface area contributed by atoms with Gasteiger partial charge in [0, 0.05) is 17.3 Å². The second kappa shape index (κ2) is 6.26. The molecule has 0 bridgehead atoms. The van der Waals surface area contributed by atoms with E-state index in [1.807, 2.05) is 61.5 Å². The molecule has 3 rings (SSSR count). The molecule has 2 N–H and O–H groups in total. The summed E-state index contributed by atoms with van der Waals surface area (Å²) in [4.78, 5) is 16.4. The van der Waals surface area contributed by atoms with Crippen LogP contribution in [0.4, 0.5) is 11.4 Å². The number of anilines is 2. The standard InChI is InChI=1S/C18H17N3O/c1-13-7-9-15(10-8-13)21-17(22)12-20-16-6-2-4-14-5-3-11-19-18(14)16/h2-11,20H,12H2,1H3,(H,21,22). The van der Waals surface area contributed by atoms with E-state index in [0.717, 1.165) is 27.8 Å². The number of hydrogen-bond acceptors (Lipinski definition) is 3. The van der Waals surface area contributed by atoms with E-state index in [2.05, 4.69) is 15.6 Å². The average molecular weight is 291 g/mol. The Labute approximate surface area is 129 Å². The van der Waals surface area contributed by atoms with Crippen molar-refractivity contribution in [2.45, 2.75) is 6.92 Å². The van der Waals surface area contributed by atoms with Crippen LogP contribution in [-0.4, -0.2) is 17.4 Å². The third-order valence-corrected chi connectivity index (χ3v) is 3.41. The number of carbonyl (C=O) groups is 1. The number of aryl methyl sites for hydroxylation is 1. The molecule has 4 nitrogen and oxygen atoms in total. The van der Waals surface area contributed by atoms with Gasteiger partial charge in [-0.1, -0.05) is 35.9 Å². The smallest absolute Gasteiger partial charge is 0.243 e. The molecule has 0 saturated heterocycles. The first-order chi connectivity index (χ1) is 10.7. The molecule has 0 radical (unpaired) electrons. The summed E-state index contributed by atoms with van der Waals surface area (Å²) < 4.78 is 0. The van der Waals surface area contributed by atoms with Gasteiger partial charge in [0.2, 0.25) is 5.91 Å². The van der Waals surface area contributed by atoms with Gasteiger partial charge in [0.15, 0.2) is 0 Å². The van der Waals surface area contributed by atoms with Gasteiger partial charge in [-0.15, -0.1) is 0 Å². The van der Waals surface area contributed by atoms with Gasteiger partial charge in [0.25, 0.3) is 0 Å². The fourth-order valence-corrected chi connectivity index (χ4v) is 2.26. The molecule has 1 amide bonds. The van der Waals surface area contributed by atoms with Gasteiger partial charge in [-0.25, -0.2) is 0 Å². The Hall–Kier alpha value is -2.88. The number of benzene rings is 2. The van der Waals surface area contributed by atoms with Crippen LogP contribution in [0.1, 0.15) is 5.56 Å². The summed E-state index contributed by atoms with van der Waals surface area (Å²) in [5.74, 6) is -0.0863. The van der Waals surface area contributed by atoms with Crippen LogP contribution in [0.2, 0.25) is 0 Å². The van der Waals surface area contributed by atoms with Gasteiger partial charge >= 0.3 is 0 Å². The molecular formula is C18H17N3O. The van der Waals surface area contributed by atoms with Crippen LogP contribution >= 0.6 is 0 Å². The lowest BCUT2D eigenvalue weighted by Crippen LogP contribution is -2.21. The summed E-state index contributed by atoms with van der Waals surface area (Å²) >= 11 is 0. The molecule has 0 spiro atoms. The molecule has 0 aliphatic rings. The number of fused-ring (bicyclic) bond motifs is 1. The third-order valence-electron chi connectivity index (χ3n) is 3.41. The molecule has 0 unspecified atom stereocenters. The van der Waals surface area contributed by atoms with Crippen LogP contribution in [0.5, 0.6) is 0 Å². The lowest BCUT2D eigenvalue weighted by atomic mass is 10.2. The minimum atomic E-state index is -0.0863. The Morgan fingerprint density at radius 2 is 1.82 bits per heavy atom. The van der Waals surface area contributed by atoms with Crippen molar-refractivity contribution in [1.29, 1.82) is 0 Å². The Kier molecular flexibility index (Phi) is 4.01. The van der Waals surface area contributed by atoms with Crippen molar-refractivity contribution in [2.24, 2.45) is 0 Å². The molecule has 0 aliphatic heterocycles. The lowest BCUT2D eigenvalue weighted by molar-refractivity contribution is -0.114. The Balaban J connectivity index is 1.66. The van der Waals surface area contributed by atoms with Crippen LogP contribution in [0.15, 0.2) is 60.8 Å². The van der Waals surface area contributed by atoms with E-state index in [-0.39, 0.29) is 12.5 Å². The highest BCUT2D eigenvalue weighted by Gasteiger charge is 2.05. The molecule has 2 aromatic carbocycles. The van der Waals surface area contributed by atoms with Gasteiger partial charge in [0.1, 0.15) is 0 Å². The molecule has 0 atom stereocenters. The predicted molar refractivity (Wildman–Crippen MR) is 90.0 cm³/mol. The van der Waals surface area contributed by atoms with Crippen LogP contribution in [0.3, 0.4) is 0 Å². The lowest BCUT2D eigenvalue weighted by Gasteiger charge is -2.09. The number of pyridine rings is 1. The normalized spacial score (nSPS) is 10.4. The predicted octanol–water partition coefficient (Wildman–Crippen LogP) is 3.59. The minimum absolute atomic E-state index is 0.0863. The molecule has 1 heterocycles. The number of para-hydroxylation sites is 1. The van der Waals surface area contributed by atoms with Crippen LogP contribution in [-0.2, 0) is 4.79 Å². The monoisotopic (exact) mass is 291 g/mol. The zero-order valence-corrected chi connectivity index (χ0v) is 12.3. The van der Waals surface area contributed by atoms with Crippen molar-refractivity contribution in [2.75, 3.05) is 17.2 Å². The average Bonchev–Trinajstić information content (AvgIpc) is 2.55. The topological polar surface area (TPSA) is 54.0 Å². The second-order valence-electron chi connectivity index (χ2n) is 5.15. The van der Waals surface area contributed by atoms with Crippen molar-refractivity contribution in [3.8, 4) is 0 Å². The van der Waals surface area contributed by atoms with E-state index in [1.54, 1.807) is 6.20 Å². The third kappa shape index (κ3) is 3.23. The second-order valence-corrected chi connectivity index (χ2v) is 5.15. The molecule has 0 saturated carbocycles. The molecule has 0 fully saturated rings. The summed E-state index contributed by atoms with van der Waals surface area (Å²) in [5.41, 5.74) is 3.69. The van der Waals surface area contributed by atoms with Gasteiger partial charge in [-0.05, 0) is 31.2 Å². The summed E-state index contributed by atoms with van der Waals surface area (Å²) in [6.45, 7) is 2.21. The summed E-state index contributed by atoms with van der Waals surface area (Å²) in [7, 11) is 0. The SMILES string of the molecule is Cc1ccc(NC(=O)CNc2cccc3cccnc23)cc1. The molecule has 3 aromatic rings. The van der Waals surface area contributed by atoms with Gasteiger partial charge in [-0.2, -0.15) is 0 Å². The Morgan fingerprint density at radius 3 is 2.64 bits per heavy atom. The van der Waals surface area contributed by atoms with Crippen LogP contribution in [0.25, 0.3) is 10.9 Å².